The Bertz CT molecular complexity index is 995. The van der Waals surface area contributed by atoms with E-state index in [-0.39, 0.29) is 14.0 Å². The molecule has 3 aliphatic rings. The lowest BCUT2D eigenvalue weighted by Crippen LogP contribution is -2.38. The van der Waals surface area contributed by atoms with Gasteiger partial charge >= 0.3 is 0 Å². The van der Waals surface area contributed by atoms with Gasteiger partial charge in [-0.3, -0.25) is 0 Å². The van der Waals surface area contributed by atoms with Gasteiger partial charge in [-0.2, -0.15) is 4.31 Å². The quantitative estimate of drug-likeness (QED) is 0.349. The Hall–Kier alpha value is -0.790. The average Bonchev–Trinajstić information content (AvgIpc) is 3.34. The molecule has 196 valence electrons. The van der Waals surface area contributed by atoms with Gasteiger partial charge in [0.25, 0.3) is 0 Å². The number of benzene rings is 2. The molecular weight excluding hydrogens is 500 g/mol. The maximum absolute atomic E-state index is 13.2. The Morgan fingerprint density at radius 3 is 1.64 bits per heavy atom. The molecule has 5 rings (SSSR count). The van der Waals surface area contributed by atoms with Crippen LogP contribution in [0.1, 0.15) is 70.6 Å². The van der Waals surface area contributed by atoms with Crippen LogP contribution in [0.5, 0.6) is 0 Å². The summed E-state index contributed by atoms with van der Waals surface area (Å²) in [6.07, 6.45) is 17.4. The van der Waals surface area contributed by atoms with E-state index in [1.165, 1.54) is 81.1 Å². The monoisotopic (exact) mass is 543 g/mol. The van der Waals surface area contributed by atoms with Crippen LogP contribution >= 0.6 is 15.8 Å². The van der Waals surface area contributed by atoms with E-state index in [0.717, 1.165) is 30.4 Å². The van der Waals surface area contributed by atoms with Crippen molar-refractivity contribution < 1.29 is 8.42 Å². The summed E-state index contributed by atoms with van der Waals surface area (Å²) in [6.45, 7) is 0.773. The van der Waals surface area contributed by atoms with E-state index >= 15 is 0 Å². The fourth-order valence-electron chi connectivity index (χ4n) is 7.09. The molecule has 0 bridgehead atoms. The first-order chi connectivity index (χ1) is 17.5. The van der Waals surface area contributed by atoms with E-state index in [2.05, 4.69) is 60.7 Å². The largest absolute Gasteiger partial charge is 0.212 e. The highest BCUT2D eigenvalue weighted by molar-refractivity contribution is 7.88. The van der Waals surface area contributed by atoms with E-state index < -0.39 is 17.9 Å². The Morgan fingerprint density at radius 2 is 1.19 bits per heavy atom. The Balaban J connectivity index is 1.44. The number of hydrogen-bond donors (Lipinski definition) is 0. The summed E-state index contributed by atoms with van der Waals surface area (Å²) < 4.78 is 28.3. The summed E-state index contributed by atoms with van der Waals surface area (Å²) in [7, 11) is -3.97. The Kier molecular flexibility index (Phi) is 9.22. The zero-order chi connectivity index (χ0) is 25.0. The third-order valence-electron chi connectivity index (χ3n) is 8.71. The van der Waals surface area contributed by atoms with Gasteiger partial charge in [-0.25, -0.2) is 8.42 Å². The minimum absolute atomic E-state index is 0.119. The van der Waals surface area contributed by atoms with Crippen molar-refractivity contribution in [1.29, 1.82) is 0 Å². The second kappa shape index (κ2) is 12.4. The van der Waals surface area contributed by atoms with Crippen LogP contribution in [-0.2, 0) is 10.0 Å². The molecule has 0 N–H and O–H groups in total. The Morgan fingerprint density at radius 1 is 0.722 bits per heavy atom. The lowest BCUT2D eigenvalue weighted by molar-refractivity contribution is 0.415. The summed E-state index contributed by atoms with van der Waals surface area (Å²) >= 11 is 0. The summed E-state index contributed by atoms with van der Waals surface area (Å²) in [5.74, 6) is 0. The minimum atomic E-state index is -3.24. The Labute approximate surface area is 222 Å². The number of sulfonamides is 1. The van der Waals surface area contributed by atoms with Crippen molar-refractivity contribution in [2.45, 2.75) is 93.6 Å². The van der Waals surface area contributed by atoms with Gasteiger partial charge in [0.2, 0.25) is 10.0 Å². The topological polar surface area (TPSA) is 37.4 Å². The summed E-state index contributed by atoms with van der Waals surface area (Å²) in [6, 6.07) is 21.8. The molecular formula is C30H43NO2P2S. The van der Waals surface area contributed by atoms with Crippen molar-refractivity contribution in [3.8, 4) is 0 Å². The summed E-state index contributed by atoms with van der Waals surface area (Å²) in [5, 5.41) is 2.72. The first-order valence-electron chi connectivity index (χ1n) is 14.1. The van der Waals surface area contributed by atoms with Gasteiger partial charge in [0.15, 0.2) is 0 Å². The van der Waals surface area contributed by atoms with Crippen LogP contribution in [-0.4, -0.2) is 54.7 Å². The zero-order valence-electron chi connectivity index (χ0n) is 21.8. The van der Waals surface area contributed by atoms with E-state index in [1.54, 1.807) is 0 Å². The second-order valence-corrected chi connectivity index (χ2v) is 18.5. The molecule has 2 unspecified atom stereocenters. The van der Waals surface area contributed by atoms with Crippen LogP contribution < -0.4 is 10.6 Å². The first-order valence-corrected chi connectivity index (χ1v) is 19.0. The molecule has 6 heteroatoms. The van der Waals surface area contributed by atoms with Gasteiger partial charge in [-0.1, -0.05) is 107 Å². The third-order valence-corrected chi connectivity index (χ3v) is 16.6. The predicted molar refractivity (Wildman–Crippen MR) is 158 cm³/mol. The third kappa shape index (κ3) is 6.43. The highest BCUT2D eigenvalue weighted by Crippen LogP contribution is 2.61. The second-order valence-electron chi connectivity index (χ2n) is 11.2. The number of rotatable bonds is 8. The minimum Gasteiger partial charge on any atom is -0.212 e. The molecule has 3 nitrogen and oxygen atoms in total. The normalized spacial score (nSPS) is 25.1. The lowest BCUT2D eigenvalue weighted by atomic mass is 9.99. The highest BCUT2D eigenvalue weighted by Gasteiger charge is 2.45. The molecule has 0 amide bonds. The molecule has 3 fully saturated rings. The molecule has 2 aliphatic carbocycles. The molecule has 0 spiro atoms. The molecule has 1 heterocycles. The van der Waals surface area contributed by atoms with Crippen LogP contribution in [0.2, 0.25) is 0 Å². The van der Waals surface area contributed by atoms with Crippen LogP contribution in [0.3, 0.4) is 0 Å². The van der Waals surface area contributed by atoms with E-state index in [1.807, 2.05) is 4.31 Å². The van der Waals surface area contributed by atoms with Crippen molar-refractivity contribution >= 4 is 36.5 Å². The van der Waals surface area contributed by atoms with Crippen LogP contribution in [0.15, 0.2) is 60.7 Å². The molecule has 2 saturated carbocycles. The van der Waals surface area contributed by atoms with Gasteiger partial charge in [-0.15, -0.1) is 0 Å². The molecule has 1 aliphatic heterocycles. The predicted octanol–water partition coefficient (Wildman–Crippen LogP) is 6.67. The standard InChI is InChI=1S/C30H43NO2P2S/c1-36(32,33)31-23-30(35(28-18-10-4-11-19-28)29-20-12-5-13-21-29)22-25(31)24-34(26-14-6-2-7-15-26)27-16-8-3-9-17-27/h2-3,6-9,14-17,25,28-30H,4-5,10-13,18-24H2,1H3. The maximum Gasteiger partial charge on any atom is 0.211 e. The molecule has 2 aromatic carbocycles. The van der Waals surface area contributed by atoms with Crippen molar-refractivity contribution in [3.63, 3.8) is 0 Å². The molecule has 0 radical (unpaired) electrons. The molecule has 2 aromatic rings. The van der Waals surface area contributed by atoms with Gasteiger partial charge in [-0.05, 0) is 73.8 Å². The fourth-order valence-corrected chi connectivity index (χ4v) is 15.6. The van der Waals surface area contributed by atoms with Crippen LogP contribution in [0.4, 0.5) is 0 Å². The van der Waals surface area contributed by atoms with Gasteiger partial charge in [0, 0.05) is 12.6 Å². The van der Waals surface area contributed by atoms with Crippen molar-refractivity contribution in [2.75, 3.05) is 19.0 Å². The highest BCUT2D eigenvalue weighted by atomic mass is 32.2. The molecule has 2 atom stereocenters. The van der Waals surface area contributed by atoms with Crippen molar-refractivity contribution in [3.05, 3.63) is 60.7 Å². The first kappa shape index (κ1) is 26.8. The van der Waals surface area contributed by atoms with Gasteiger partial charge in [0.05, 0.1) is 6.26 Å². The zero-order valence-corrected chi connectivity index (χ0v) is 24.4. The fraction of sp³-hybridized carbons (Fsp3) is 0.600. The number of hydrogen-bond acceptors (Lipinski definition) is 2. The van der Waals surface area contributed by atoms with Gasteiger partial charge in [0.1, 0.15) is 0 Å². The summed E-state index contributed by atoms with van der Waals surface area (Å²) in [5.41, 5.74) is 2.31. The SMILES string of the molecule is CS(=O)(=O)N1CC(P(C2CCCCC2)C2CCCCC2)CC1CP(c1ccccc1)c1ccccc1. The van der Waals surface area contributed by atoms with Crippen LogP contribution in [0.25, 0.3) is 0 Å². The van der Waals surface area contributed by atoms with E-state index in [0.29, 0.717) is 5.66 Å². The summed E-state index contributed by atoms with van der Waals surface area (Å²) in [4.78, 5) is 0. The molecule has 1 saturated heterocycles. The van der Waals surface area contributed by atoms with Crippen LogP contribution in [0, 0.1) is 0 Å². The van der Waals surface area contributed by atoms with Crippen molar-refractivity contribution in [2.24, 2.45) is 0 Å². The number of nitrogens with zero attached hydrogens (tertiary/aromatic N) is 1. The smallest absolute Gasteiger partial charge is 0.211 e. The molecule has 0 aromatic heterocycles. The van der Waals surface area contributed by atoms with E-state index in [4.69, 9.17) is 0 Å². The van der Waals surface area contributed by atoms with E-state index in [9.17, 15) is 8.42 Å². The van der Waals surface area contributed by atoms with Gasteiger partial charge < -0.3 is 0 Å². The molecule has 36 heavy (non-hydrogen) atoms. The maximum atomic E-state index is 13.2. The average molecular weight is 544 g/mol. The van der Waals surface area contributed by atoms with Crippen molar-refractivity contribution in [1.82, 2.24) is 4.31 Å². The lowest BCUT2D eigenvalue weighted by Gasteiger charge is -2.42.